The fraction of sp³-hybridized carbons (Fsp3) is 0.500. The number of nitrogens with zero attached hydrogens (tertiary/aromatic N) is 2. The summed E-state index contributed by atoms with van der Waals surface area (Å²) in [4.78, 5) is 15.0. The lowest BCUT2D eigenvalue weighted by atomic mass is 10.4. The highest BCUT2D eigenvalue weighted by Gasteiger charge is 2.02. The Kier molecular flexibility index (Phi) is 6.92. The Bertz CT molecular complexity index is 394. The van der Waals surface area contributed by atoms with Gasteiger partial charge in [0.25, 0.3) is 0 Å². The van der Waals surface area contributed by atoms with Gasteiger partial charge in [0.2, 0.25) is 5.88 Å². The predicted octanol–water partition coefficient (Wildman–Crippen LogP) is 2.07. The molecule has 0 N–H and O–H groups in total. The van der Waals surface area contributed by atoms with Crippen LogP contribution >= 0.6 is 0 Å². The summed E-state index contributed by atoms with van der Waals surface area (Å²) in [5.41, 5.74) is 0.558. The Balaban J connectivity index is 0.00000106. The zero-order valence-corrected chi connectivity index (χ0v) is 10.7. The standard InChI is InChI=1S/C10H14N2O2.C2H6/c1-4-5-6-14-9-8(2)7-12(3)10(13)11-9;1-2/h4-5,7H,6H2,1-3H3;1-2H3/b5-4+;. The van der Waals surface area contributed by atoms with Crippen LogP contribution in [0.4, 0.5) is 0 Å². The van der Waals surface area contributed by atoms with E-state index in [1.807, 2.05) is 39.8 Å². The molecule has 4 heteroatoms. The lowest BCUT2D eigenvalue weighted by molar-refractivity contribution is 0.341. The molecule has 16 heavy (non-hydrogen) atoms. The minimum absolute atomic E-state index is 0.300. The highest BCUT2D eigenvalue weighted by molar-refractivity contribution is 5.20. The maximum absolute atomic E-state index is 11.2. The summed E-state index contributed by atoms with van der Waals surface area (Å²) in [5.74, 6) is 0.409. The van der Waals surface area contributed by atoms with E-state index in [-0.39, 0.29) is 5.69 Å². The van der Waals surface area contributed by atoms with E-state index in [1.165, 1.54) is 4.57 Å². The minimum atomic E-state index is -0.300. The molecule has 0 spiro atoms. The van der Waals surface area contributed by atoms with E-state index >= 15 is 0 Å². The summed E-state index contributed by atoms with van der Waals surface area (Å²) in [6.07, 6.45) is 5.45. The van der Waals surface area contributed by atoms with Gasteiger partial charge >= 0.3 is 5.69 Å². The molecule has 1 aromatic heterocycles. The third kappa shape index (κ3) is 4.29. The van der Waals surface area contributed by atoms with Crippen LogP contribution in [0.1, 0.15) is 26.3 Å². The molecule has 90 valence electrons. The number of aromatic nitrogens is 2. The van der Waals surface area contributed by atoms with E-state index in [9.17, 15) is 4.79 Å². The summed E-state index contributed by atoms with van der Waals surface area (Å²) in [6, 6.07) is 0. The number of hydrogen-bond acceptors (Lipinski definition) is 3. The average Bonchev–Trinajstić information content (AvgIpc) is 2.28. The Hall–Kier alpha value is -1.58. The van der Waals surface area contributed by atoms with Gasteiger partial charge in [-0.15, -0.1) is 0 Å². The van der Waals surface area contributed by atoms with Gasteiger partial charge in [0, 0.05) is 18.8 Å². The second-order valence-corrected chi connectivity index (χ2v) is 3.00. The van der Waals surface area contributed by atoms with Gasteiger partial charge in [-0.1, -0.05) is 26.0 Å². The van der Waals surface area contributed by atoms with E-state index in [4.69, 9.17) is 4.74 Å². The molecule has 0 radical (unpaired) electrons. The monoisotopic (exact) mass is 224 g/mol. The van der Waals surface area contributed by atoms with Crippen LogP contribution in [-0.4, -0.2) is 16.2 Å². The Morgan fingerprint density at radius 1 is 1.50 bits per heavy atom. The van der Waals surface area contributed by atoms with Crippen molar-refractivity contribution in [3.8, 4) is 5.88 Å². The molecule has 0 aromatic carbocycles. The van der Waals surface area contributed by atoms with Crippen LogP contribution in [0.15, 0.2) is 23.1 Å². The van der Waals surface area contributed by atoms with Crippen molar-refractivity contribution in [3.63, 3.8) is 0 Å². The highest BCUT2D eigenvalue weighted by atomic mass is 16.5. The Morgan fingerprint density at radius 3 is 2.69 bits per heavy atom. The zero-order valence-electron chi connectivity index (χ0n) is 10.7. The van der Waals surface area contributed by atoms with E-state index < -0.39 is 0 Å². The number of ether oxygens (including phenoxy) is 1. The predicted molar refractivity (Wildman–Crippen MR) is 65.9 cm³/mol. The number of allylic oxidation sites excluding steroid dienone is 1. The van der Waals surface area contributed by atoms with Crippen molar-refractivity contribution in [3.05, 3.63) is 34.4 Å². The average molecular weight is 224 g/mol. The molecule has 0 saturated heterocycles. The van der Waals surface area contributed by atoms with Crippen molar-refractivity contribution < 1.29 is 4.74 Å². The molecule has 0 aliphatic carbocycles. The molecule has 1 rings (SSSR count). The summed E-state index contributed by atoms with van der Waals surface area (Å²) in [5, 5.41) is 0. The Morgan fingerprint density at radius 2 is 2.12 bits per heavy atom. The van der Waals surface area contributed by atoms with Gasteiger partial charge in [0.1, 0.15) is 6.61 Å². The Labute approximate surface area is 96.6 Å². The molecule has 1 aromatic rings. The van der Waals surface area contributed by atoms with Gasteiger partial charge in [0.05, 0.1) is 0 Å². The molecular weight excluding hydrogens is 204 g/mol. The first kappa shape index (κ1) is 14.4. The van der Waals surface area contributed by atoms with Gasteiger partial charge < -0.3 is 9.30 Å². The molecule has 0 aliphatic heterocycles. The molecule has 4 nitrogen and oxygen atoms in total. The van der Waals surface area contributed by atoms with Crippen LogP contribution in [0, 0.1) is 6.92 Å². The molecule has 0 amide bonds. The first-order valence-corrected chi connectivity index (χ1v) is 5.43. The third-order valence-electron chi connectivity index (χ3n) is 1.78. The van der Waals surface area contributed by atoms with Crippen LogP contribution < -0.4 is 10.4 Å². The van der Waals surface area contributed by atoms with Crippen LogP contribution in [0.2, 0.25) is 0 Å². The third-order valence-corrected chi connectivity index (χ3v) is 1.78. The maximum atomic E-state index is 11.2. The largest absolute Gasteiger partial charge is 0.473 e. The minimum Gasteiger partial charge on any atom is -0.473 e. The van der Waals surface area contributed by atoms with Crippen LogP contribution in [0.25, 0.3) is 0 Å². The van der Waals surface area contributed by atoms with Gasteiger partial charge in [-0.2, -0.15) is 4.98 Å². The number of rotatable bonds is 3. The van der Waals surface area contributed by atoms with E-state index in [0.717, 1.165) is 5.56 Å². The normalized spacial score (nSPS) is 9.81. The first-order valence-electron chi connectivity index (χ1n) is 5.43. The summed E-state index contributed by atoms with van der Waals surface area (Å²) >= 11 is 0. The smallest absolute Gasteiger partial charge is 0.350 e. The highest BCUT2D eigenvalue weighted by Crippen LogP contribution is 2.09. The van der Waals surface area contributed by atoms with Crippen molar-refractivity contribution in [1.82, 2.24) is 9.55 Å². The van der Waals surface area contributed by atoms with Crippen LogP contribution in [0.3, 0.4) is 0 Å². The second kappa shape index (κ2) is 7.68. The molecular formula is C12H20N2O2. The zero-order chi connectivity index (χ0) is 12.6. The molecule has 0 fully saturated rings. The summed E-state index contributed by atoms with van der Waals surface area (Å²) in [6.45, 7) is 8.21. The molecule has 1 heterocycles. The van der Waals surface area contributed by atoms with Crippen LogP contribution in [-0.2, 0) is 7.05 Å². The number of aryl methyl sites for hydroxylation is 2. The lowest BCUT2D eigenvalue weighted by Crippen LogP contribution is -2.20. The maximum Gasteiger partial charge on any atom is 0.350 e. The van der Waals surface area contributed by atoms with E-state index in [2.05, 4.69) is 4.98 Å². The van der Waals surface area contributed by atoms with Crippen molar-refractivity contribution in [2.24, 2.45) is 7.05 Å². The molecule has 0 aliphatic rings. The fourth-order valence-corrected chi connectivity index (χ4v) is 1.02. The molecule has 0 bridgehead atoms. The van der Waals surface area contributed by atoms with Crippen molar-refractivity contribution in [1.29, 1.82) is 0 Å². The molecule has 0 atom stereocenters. The number of hydrogen-bond donors (Lipinski definition) is 0. The van der Waals surface area contributed by atoms with Crippen molar-refractivity contribution >= 4 is 0 Å². The fourth-order valence-electron chi connectivity index (χ4n) is 1.02. The van der Waals surface area contributed by atoms with E-state index in [1.54, 1.807) is 13.2 Å². The second-order valence-electron chi connectivity index (χ2n) is 3.00. The molecule has 0 unspecified atom stereocenters. The summed E-state index contributed by atoms with van der Waals surface area (Å²) < 4.78 is 6.73. The quantitative estimate of drug-likeness (QED) is 0.738. The van der Waals surface area contributed by atoms with Gasteiger partial charge in [-0.25, -0.2) is 4.79 Å². The first-order chi connectivity index (χ1) is 7.65. The topological polar surface area (TPSA) is 44.1 Å². The van der Waals surface area contributed by atoms with Gasteiger partial charge in [-0.3, -0.25) is 0 Å². The van der Waals surface area contributed by atoms with Crippen LogP contribution in [0.5, 0.6) is 5.88 Å². The van der Waals surface area contributed by atoms with Gasteiger partial charge in [-0.05, 0) is 13.8 Å². The molecule has 0 saturated carbocycles. The SMILES string of the molecule is C/C=C/COc1nc(=O)n(C)cc1C.CC. The lowest BCUT2D eigenvalue weighted by Gasteiger charge is -2.06. The van der Waals surface area contributed by atoms with Gasteiger partial charge in [0.15, 0.2) is 0 Å². The van der Waals surface area contributed by atoms with E-state index in [0.29, 0.717) is 12.5 Å². The summed E-state index contributed by atoms with van der Waals surface area (Å²) in [7, 11) is 1.66. The van der Waals surface area contributed by atoms with Crippen molar-refractivity contribution in [2.75, 3.05) is 6.61 Å². The van der Waals surface area contributed by atoms with Crippen molar-refractivity contribution in [2.45, 2.75) is 27.7 Å².